The summed E-state index contributed by atoms with van der Waals surface area (Å²) in [6, 6.07) is 4.83. The summed E-state index contributed by atoms with van der Waals surface area (Å²) in [7, 11) is 0. The van der Waals surface area contributed by atoms with E-state index in [9.17, 15) is 14.3 Å². The van der Waals surface area contributed by atoms with E-state index >= 15 is 0 Å². The van der Waals surface area contributed by atoms with Gasteiger partial charge in [-0.1, -0.05) is 0 Å². The number of halogens is 1. The van der Waals surface area contributed by atoms with Crippen molar-refractivity contribution in [1.82, 2.24) is 4.98 Å². The lowest BCUT2D eigenvalue weighted by Crippen LogP contribution is -2.28. The molecule has 0 radical (unpaired) electrons. The number of carboxylic acid groups (broad SMARTS) is 1. The number of carboxylic acids is 1. The van der Waals surface area contributed by atoms with Gasteiger partial charge in [0, 0.05) is 6.04 Å². The van der Waals surface area contributed by atoms with Crippen LogP contribution in [0.5, 0.6) is 0 Å². The summed E-state index contributed by atoms with van der Waals surface area (Å²) in [5.74, 6) is -0.825. The van der Waals surface area contributed by atoms with Crippen molar-refractivity contribution < 1.29 is 18.7 Å². The molecule has 20 heavy (non-hydrogen) atoms. The average molecular weight is 276 g/mol. The van der Waals surface area contributed by atoms with Crippen LogP contribution in [-0.4, -0.2) is 22.1 Å². The zero-order valence-corrected chi connectivity index (χ0v) is 10.6. The first-order chi connectivity index (χ1) is 9.65. The van der Waals surface area contributed by atoms with Gasteiger partial charge < -0.3 is 14.4 Å². The maximum absolute atomic E-state index is 13.2. The number of anilines is 1. The summed E-state index contributed by atoms with van der Waals surface area (Å²) >= 11 is 0. The molecule has 2 aromatic rings. The Labute approximate surface area is 114 Å². The van der Waals surface area contributed by atoms with E-state index in [4.69, 9.17) is 4.42 Å². The van der Waals surface area contributed by atoms with Crippen molar-refractivity contribution in [2.45, 2.75) is 25.4 Å². The van der Waals surface area contributed by atoms with Crippen molar-refractivity contribution in [3.05, 3.63) is 47.8 Å². The van der Waals surface area contributed by atoms with Crippen molar-refractivity contribution in [2.75, 3.05) is 4.90 Å². The number of aromatic carboxylic acids is 1. The summed E-state index contributed by atoms with van der Waals surface area (Å²) in [6.45, 7) is 0.427. The third kappa shape index (κ3) is 2.49. The molecule has 1 saturated carbocycles. The van der Waals surface area contributed by atoms with Crippen LogP contribution in [0, 0.1) is 5.82 Å². The van der Waals surface area contributed by atoms with Crippen LogP contribution in [0.4, 0.5) is 10.2 Å². The molecule has 0 saturated heterocycles. The van der Waals surface area contributed by atoms with Gasteiger partial charge in [0.1, 0.15) is 23.0 Å². The first kappa shape index (κ1) is 12.7. The molecule has 2 aromatic heterocycles. The Morgan fingerprint density at radius 1 is 1.55 bits per heavy atom. The molecule has 0 amide bonds. The molecule has 5 nitrogen and oxygen atoms in total. The molecule has 6 heteroatoms. The van der Waals surface area contributed by atoms with E-state index in [2.05, 4.69) is 4.98 Å². The SMILES string of the molecule is O=C(O)c1cc(F)cnc1N(Cc1ccco1)C1CC1. The van der Waals surface area contributed by atoms with Crippen LogP contribution in [0.15, 0.2) is 35.1 Å². The van der Waals surface area contributed by atoms with E-state index in [-0.39, 0.29) is 17.4 Å². The monoisotopic (exact) mass is 276 g/mol. The zero-order chi connectivity index (χ0) is 14.1. The smallest absolute Gasteiger partial charge is 0.339 e. The predicted octanol–water partition coefficient (Wildman–Crippen LogP) is 2.68. The van der Waals surface area contributed by atoms with Crippen LogP contribution in [0.25, 0.3) is 0 Å². The van der Waals surface area contributed by atoms with Crippen molar-refractivity contribution >= 4 is 11.8 Å². The third-order valence-electron chi connectivity index (χ3n) is 3.23. The number of carbonyl (C=O) groups is 1. The Bertz CT molecular complexity index is 623. The number of pyridine rings is 1. The Morgan fingerprint density at radius 2 is 2.35 bits per heavy atom. The highest BCUT2D eigenvalue weighted by Gasteiger charge is 2.33. The average Bonchev–Trinajstić information content (AvgIpc) is 3.13. The van der Waals surface area contributed by atoms with Crippen LogP contribution in [0.1, 0.15) is 29.0 Å². The molecule has 0 unspecified atom stereocenters. The second-order valence-electron chi connectivity index (χ2n) is 4.77. The first-order valence-corrected chi connectivity index (χ1v) is 6.33. The maximum atomic E-state index is 13.2. The lowest BCUT2D eigenvalue weighted by molar-refractivity contribution is 0.0696. The van der Waals surface area contributed by atoms with Crippen LogP contribution in [0.3, 0.4) is 0 Å². The number of hydrogen-bond donors (Lipinski definition) is 1. The van der Waals surface area contributed by atoms with E-state index in [0.717, 1.165) is 30.9 Å². The standard InChI is InChI=1S/C14H13FN2O3/c15-9-6-12(14(18)19)13(16-7-9)17(10-3-4-10)8-11-2-1-5-20-11/h1-2,5-7,10H,3-4,8H2,(H,18,19). The fourth-order valence-electron chi connectivity index (χ4n) is 2.15. The van der Waals surface area contributed by atoms with Gasteiger partial charge in [-0.2, -0.15) is 0 Å². The molecule has 0 aliphatic heterocycles. The molecule has 0 atom stereocenters. The van der Waals surface area contributed by atoms with E-state index < -0.39 is 11.8 Å². The molecule has 1 aliphatic carbocycles. The summed E-state index contributed by atoms with van der Waals surface area (Å²) in [5, 5.41) is 9.21. The number of furan rings is 1. The van der Waals surface area contributed by atoms with Crippen LogP contribution in [0.2, 0.25) is 0 Å². The highest BCUT2D eigenvalue weighted by atomic mass is 19.1. The second-order valence-corrected chi connectivity index (χ2v) is 4.77. The molecule has 0 bridgehead atoms. The van der Waals surface area contributed by atoms with Gasteiger partial charge in [0.2, 0.25) is 0 Å². The summed E-state index contributed by atoms with van der Waals surface area (Å²) < 4.78 is 18.5. The quantitative estimate of drug-likeness (QED) is 0.909. The maximum Gasteiger partial charge on any atom is 0.339 e. The van der Waals surface area contributed by atoms with E-state index in [1.54, 1.807) is 12.3 Å². The van der Waals surface area contributed by atoms with Crippen molar-refractivity contribution in [3.63, 3.8) is 0 Å². The van der Waals surface area contributed by atoms with Crippen molar-refractivity contribution in [2.24, 2.45) is 0 Å². The van der Waals surface area contributed by atoms with Gasteiger partial charge in [0.05, 0.1) is 19.0 Å². The van der Waals surface area contributed by atoms with Gasteiger partial charge in [-0.05, 0) is 31.0 Å². The lowest BCUT2D eigenvalue weighted by atomic mass is 10.2. The highest BCUT2D eigenvalue weighted by molar-refractivity contribution is 5.93. The van der Waals surface area contributed by atoms with Crippen molar-refractivity contribution in [3.8, 4) is 0 Å². The molecule has 1 N–H and O–H groups in total. The molecule has 2 heterocycles. The molecular weight excluding hydrogens is 263 g/mol. The normalized spacial score (nSPS) is 14.2. The Hall–Kier alpha value is -2.37. The Balaban J connectivity index is 1.97. The number of hydrogen-bond acceptors (Lipinski definition) is 4. The molecule has 1 aliphatic rings. The second kappa shape index (κ2) is 4.96. The van der Waals surface area contributed by atoms with Crippen LogP contribution in [-0.2, 0) is 6.54 Å². The fraction of sp³-hybridized carbons (Fsp3) is 0.286. The number of nitrogens with zero attached hydrogens (tertiary/aromatic N) is 2. The summed E-state index contributed by atoms with van der Waals surface area (Å²) in [5.41, 5.74) is -0.122. The fourth-order valence-corrected chi connectivity index (χ4v) is 2.15. The van der Waals surface area contributed by atoms with Crippen LogP contribution < -0.4 is 4.90 Å². The molecule has 0 aromatic carbocycles. The van der Waals surface area contributed by atoms with E-state index in [0.29, 0.717) is 6.54 Å². The lowest BCUT2D eigenvalue weighted by Gasteiger charge is -2.23. The molecule has 104 valence electrons. The highest BCUT2D eigenvalue weighted by Crippen LogP contribution is 2.34. The molecule has 0 spiro atoms. The Kier molecular flexibility index (Phi) is 3.14. The van der Waals surface area contributed by atoms with Gasteiger partial charge in [-0.3, -0.25) is 0 Å². The van der Waals surface area contributed by atoms with Gasteiger partial charge >= 0.3 is 5.97 Å². The molecule has 3 rings (SSSR count). The topological polar surface area (TPSA) is 66.6 Å². The first-order valence-electron chi connectivity index (χ1n) is 6.33. The summed E-state index contributed by atoms with van der Waals surface area (Å²) in [4.78, 5) is 17.1. The Morgan fingerprint density at radius 3 is 2.95 bits per heavy atom. The van der Waals surface area contributed by atoms with Gasteiger partial charge in [0.25, 0.3) is 0 Å². The minimum atomic E-state index is -1.18. The minimum Gasteiger partial charge on any atom is -0.478 e. The van der Waals surface area contributed by atoms with Gasteiger partial charge in [-0.15, -0.1) is 0 Å². The van der Waals surface area contributed by atoms with E-state index in [1.807, 2.05) is 11.0 Å². The molecule has 1 fully saturated rings. The predicted molar refractivity (Wildman–Crippen MR) is 69.1 cm³/mol. The number of aromatic nitrogens is 1. The van der Waals surface area contributed by atoms with Gasteiger partial charge in [-0.25, -0.2) is 14.2 Å². The summed E-state index contributed by atoms with van der Waals surface area (Å²) in [6.07, 6.45) is 4.55. The third-order valence-corrected chi connectivity index (χ3v) is 3.23. The zero-order valence-electron chi connectivity index (χ0n) is 10.6. The largest absolute Gasteiger partial charge is 0.478 e. The number of rotatable bonds is 5. The molecular formula is C14H13FN2O3. The van der Waals surface area contributed by atoms with Crippen molar-refractivity contribution in [1.29, 1.82) is 0 Å². The van der Waals surface area contributed by atoms with Gasteiger partial charge in [0.15, 0.2) is 0 Å². The van der Waals surface area contributed by atoms with E-state index in [1.165, 1.54) is 0 Å². The minimum absolute atomic E-state index is 0.122. The van der Waals surface area contributed by atoms with Crippen LogP contribution >= 0.6 is 0 Å².